The van der Waals surface area contributed by atoms with Crippen molar-refractivity contribution in [2.75, 3.05) is 6.61 Å². The third-order valence-electron chi connectivity index (χ3n) is 3.72. The number of allylic oxidation sites excluding steroid dienone is 2. The molecule has 0 unspecified atom stereocenters. The van der Waals surface area contributed by atoms with Crippen LogP contribution in [-0.4, -0.2) is 24.6 Å². The largest absolute Gasteiger partial charge is 0.461 e. The molecule has 1 fully saturated rings. The van der Waals surface area contributed by atoms with Gasteiger partial charge in [0.1, 0.15) is 12.5 Å². The molecule has 5 heteroatoms. The fourth-order valence-corrected chi connectivity index (χ4v) is 2.76. The summed E-state index contributed by atoms with van der Waals surface area (Å²) in [5, 5.41) is 5.42. The third-order valence-corrected chi connectivity index (χ3v) is 3.72. The molecule has 0 bridgehead atoms. The predicted molar refractivity (Wildman–Crippen MR) is 75.7 cm³/mol. The van der Waals surface area contributed by atoms with Crippen molar-refractivity contribution in [1.29, 1.82) is 0 Å². The first-order valence-corrected chi connectivity index (χ1v) is 6.82. The standard InChI is InChI=1S/C15H20N2O3/c1-3-9-20-14(18)12-10(2)16-15(19)17-13(12)11-7-5-4-6-8-11/h3-5,11-13H,1-2,6-9H2,(H2,16,17,19)/t11-,12-,13+/m1/s1. The van der Waals surface area contributed by atoms with Crippen molar-refractivity contribution < 1.29 is 14.3 Å². The van der Waals surface area contributed by atoms with Crippen LogP contribution in [0.3, 0.4) is 0 Å². The van der Waals surface area contributed by atoms with E-state index in [4.69, 9.17) is 4.74 Å². The summed E-state index contributed by atoms with van der Waals surface area (Å²) in [4.78, 5) is 23.8. The van der Waals surface area contributed by atoms with Gasteiger partial charge in [-0.1, -0.05) is 31.4 Å². The molecule has 5 nitrogen and oxygen atoms in total. The van der Waals surface area contributed by atoms with Gasteiger partial charge in [0.2, 0.25) is 0 Å². The van der Waals surface area contributed by atoms with E-state index in [1.807, 2.05) is 0 Å². The maximum Gasteiger partial charge on any atom is 0.319 e. The molecule has 1 aliphatic heterocycles. The molecule has 3 atom stereocenters. The number of urea groups is 1. The molecule has 0 aromatic heterocycles. The Labute approximate surface area is 118 Å². The first-order chi connectivity index (χ1) is 9.63. The van der Waals surface area contributed by atoms with E-state index in [0.29, 0.717) is 5.70 Å². The quantitative estimate of drug-likeness (QED) is 0.608. The Bertz CT molecular complexity index is 456. The van der Waals surface area contributed by atoms with Crippen LogP contribution >= 0.6 is 0 Å². The minimum absolute atomic E-state index is 0.161. The SMILES string of the molecule is C=CCOC(=O)[C@@H]1C(=C)NC(=O)N[C@H]1[C@@H]1CC=CCC1. The molecule has 20 heavy (non-hydrogen) atoms. The first kappa shape index (κ1) is 14.4. The van der Waals surface area contributed by atoms with Gasteiger partial charge in [-0.05, 0) is 25.2 Å². The zero-order chi connectivity index (χ0) is 14.5. The topological polar surface area (TPSA) is 67.4 Å². The molecule has 0 aromatic rings. The lowest BCUT2D eigenvalue weighted by atomic mass is 9.79. The number of hydrogen-bond acceptors (Lipinski definition) is 3. The van der Waals surface area contributed by atoms with Crippen molar-refractivity contribution >= 4 is 12.0 Å². The van der Waals surface area contributed by atoms with Gasteiger partial charge in [0.15, 0.2) is 0 Å². The van der Waals surface area contributed by atoms with Gasteiger partial charge in [-0.15, -0.1) is 0 Å². The van der Waals surface area contributed by atoms with Crippen molar-refractivity contribution in [1.82, 2.24) is 10.6 Å². The van der Waals surface area contributed by atoms with Crippen molar-refractivity contribution in [2.24, 2.45) is 11.8 Å². The molecule has 2 N–H and O–H groups in total. The van der Waals surface area contributed by atoms with Crippen molar-refractivity contribution in [2.45, 2.75) is 25.3 Å². The highest BCUT2D eigenvalue weighted by Gasteiger charge is 2.41. The van der Waals surface area contributed by atoms with Gasteiger partial charge in [-0.3, -0.25) is 4.79 Å². The Balaban J connectivity index is 2.16. The zero-order valence-electron chi connectivity index (χ0n) is 11.4. The van der Waals surface area contributed by atoms with Crippen LogP contribution in [0.4, 0.5) is 4.79 Å². The van der Waals surface area contributed by atoms with E-state index in [-0.39, 0.29) is 30.6 Å². The predicted octanol–water partition coefficient (Wildman–Crippen LogP) is 1.88. The summed E-state index contributed by atoms with van der Waals surface area (Å²) < 4.78 is 5.13. The van der Waals surface area contributed by atoms with Gasteiger partial charge in [-0.25, -0.2) is 4.79 Å². The van der Waals surface area contributed by atoms with Crippen LogP contribution in [0.15, 0.2) is 37.1 Å². The summed E-state index contributed by atoms with van der Waals surface area (Å²) in [6, 6.07) is -0.569. The molecule has 0 saturated carbocycles. The molecule has 2 amide bonds. The third kappa shape index (κ3) is 3.10. The van der Waals surface area contributed by atoms with Gasteiger partial charge in [0.25, 0.3) is 0 Å². The number of nitrogens with one attached hydrogen (secondary N) is 2. The van der Waals surface area contributed by atoms with Crippen LogP contribution in [0.25, 0.3) is 0 Å². The van der Waals surface area contributed by atoms with E-state index in [1.165, 1.54) is 6.08 Å². The Morgan fingerprint density at radius 3 is 2.95 bits per heavy atom. The second-order valence-electron chi connectivity index (χ2n) is 5.09. The number of ether oxygens (including phenoxy) is 1. The van der Waals surface area contributed by atoms with Crippen LogP contribution in [0.5, 0.6) is 0 Å². The molecule has 2 aliphatic rings. The molecule has 1 saturated heterocycles. The van der Waals surface area contributed by atoms with E-state index >= 15 is 0 Å². The fourth-order valence-electron chi connectivity index (χ4n) is 2.76. The highest BCUT2D eigenvalue weighted by molar-refractivity contribution is 5.85. The van der Waals surface area contributed by atoms with Gasteiger partial charge >= 0.3 is 12.0 Å². The average Bonchev–Trinajstić information content (AvgIpc) is 2.45. The van der Waals surface area contributed by atoms with Gasteiger partial charge in [0.05, 0.1) is 6.04 Å². The fraction of sp³-hybridized carbons (Fsp3) is 0.467. The van der Waals surface area contributed by atoms with Crippen molar-refractivity contribution in [3.63, 3.8) is 0 Å². The minimum Gasteiger partial charge on any atom is -0.461 e. The zero-order valence-corrected chi connectivity index (χ0v) is 11.4. The van der Waals surface area contributed by atoms with Crippen molar-refractivity contribution in [3.05, 3.63) is 37.1 Å². The smallest absolute Gasteiger partial charge is 0.319 e. The van der Waals surface area contributed by atoms with E-state index in [1.54, 1.807) is 0 Å². The monoisotopic (exact) mass is 276 g/mol. The Morgan fingerprint density at radius 1 is 1.50 bits per heavy atom. The summed E-state index contributed by atoms with van der Waals surface area (Å²) in [6.07, 6.45) is 8.50. The lowest BCUT2D eigenvalue weighted by molar-refractivity contribution is -0.147. The summed E-state index contributed by atoms with van der Waals surface area (Å²) >= 11 is 0. The lowest BCUT2D eigenvalue weighted by Gasteiger charge is -2.38. The molecule has 0 aromatic carbocycles. The average molecular weight is 276 g/mol. The Hall–Kier alpha value is -2.04. The number of rotatable bonds is 4. The number of carbonyl (C=O) groups is 2. The van der Waals surface area contributed by atoms with Crippen LogP contribution < -0.4 is 10.6 Å². The molecule has 0 radical (unpaired) electrons. The van der Waals surface area contributed by atoms with E-state index in [9.17, 15) is 9.59 Å². The second-order valence-corrected chi connectivity index (χ2v) is 5.09. The van der Waals surface area contributed by atoms with Gasteiger partial charge < -0.3 is 15.4 Å². The molecule has 2 rings (SSSR count). The summed E-state index contributed by atoms with van der Waals surface area (Å²) in [7, 11) is 0. The molecule has 108 valence electrons. The summed E-state index contributed by atoms with van der Waals surface area (Å²) in [5.41, 5.74) is 0.405. The van der Waals surface area contributed by atoms with Gasteiger partial charge in [-0.2, -0.15) is 0 Å². The molecule has 0 spiro atoms. The van der Waals surface area contributed by atoms with Crippen LogP contribution in [0.1, 0.15) is 19.3 Å². The minimum atomic E-state index is -0.552. The maximum atomic E-state index is 12.2. The Morgan fingerprint density at radius 2 is 2.30 bits per heavy atom. The summed E-state index contributed by atoms with van der Waals surface area (Å²) in [6.45, 7) is 7.49. The molecular weight excluding hydrogens is 256 g/mol. The van der Waals surface area contributed by atoms with Gasteiger partial charge in [0, 0.05) is 5.70 Å². The van der Waals surface area contributed by atoms with Crippen LogP contribution in [0, 0.1) is 11.8 Å². The first-order valence-electron chi connectivity index (χ1n) is 6.82. The number of amides is 2. The van der Waals surface area contributed by atoms with Crippen molar-refractivity contribution in [3.8, 4) is 0 Å². The van der Waals surface area contributed by atoms with E-state index < -0.39 is 5.92 Å². The second kappa shape index (κ2) is 6.41. The number of esters is 1. The Kier molecular flexibility index (Phi) is 4.61. The van der Waals surface area contributed by atoms with Crippen LogP contribution in [0.2, 0.25) is 0 Å². The lowest BCUT2D eigenvalue weighted by Crippen LogP contribution is -2.58. The van der Waals surface area contributed by atoms with E-state index in [2.05, 4.69) is 35.9 Å². The molecule has 1 aliphatic carbocycles. The highest BCUT2D eigenvalue weighted by atomic mass is 16.5. The van der Waals surface area contributed by atoms with Crippen LogP contribution in [-0.2, 0) is 9.53 Å². The normalized spacial score (nSPS) is 29.3. The number of hydrogen-bond donors (Lipinski definition) is 2. The summed E-state index contributed by atoms with van der Waals surface area (Å²) in [5.74, 6) is -0.699. The maximum absolute atomic E-state index is 12.2. The highest BCUT2D eigenvalue weighted by Crippen LogP contribution is 2.30. The van der Waals surface area contributed by atoms with E-state index in [0.717, 1.165) is 19.3 Å². The molecular formula is C15H20N2O3. The number of carbonyl (C=O) groups excluding carboxylic acids is 2. The molecule has 1 heterocycles.